The Labute approximate surface area is 114 Å². The number of hydrogen-bond donors (Lipinski definition) is 2. The van der Waals surface area contributed by atoms with Crippen molar-refractivity contribution >= 4 is 17.7 Å². The van der Waals surface area contributed by atoms with E-state index < -0.39 is 0 Å². The minimum atomic E-state index is 0.178. The Morgan fingerprint density at radius 3 is 2.83 bits per heavy atom. The summed E-state index contributed by atoms with van der Waals surface area (Å²) < 4.78 is 5.76. The lowest BCUT2D eigenvalue weighted by Gasteiger charge is -2.23. The van der Waals surface area contributed by atoms with Gasteiger partial charge in [-0.3, -0.25) is 4.79 Å². The summed E-state index contributed by atoms with van der Waals surface area (Å²) in [6.07, 6.45) is 6.04. The Bertz CT molecular complexity index is 251. The highest BCUT2D eigenvalue weighted by Crippen LogP contribution is 2.24. The van der Waals surface area contributed by atoms with Crippen molar-refractivity contribution in [1.29, 1.82) is 0 Å². The van der Waals surface area contributed by atoms with E-state index in [-0.39, 0.29) is 11.2 Å². The minimum Gasteiger partial charge on any atom is -0.376 e. The lowest BCUT2D eigenvalue weighted by molar-refractivity contribution is -0.121. The van der Waals surface area contributed by atoms with Crippen molar-refractivity contribution in [3.63, 3.8) is 0 Å². The average Bonchev–Trinajstić information content (AvgIpc) is 2.45. The van der Waals surface area contributed by atoms with Crippen molar-refractivity contribution < 1.29 is 9.53 Å². The van der Waals surface area contributed by atoms with E-state index in [1.54, 1.807) is 11.8 Å². The number of thioether (sulfide) groups is 1. The second-order valence-corrected chi connectivity index (χ2v) is 6.28. The molecule has 0 aromatic carbocycles. The van der Waals surface area contributed by atoms with E-state index in [0.29, 0.717) is 19.3 Å². The first kappa shape index (κ1) is 14.2. The molecular weight excluding hydrogens is 248 g/mol. The molecule has 0 saturated carbocycles. The van der Waals surface area contributed by atoms with E-state index in [4.69, 9.17) is 4.74 Å². The average molecular weight is 272 g/mol. The van der Waals surface area contributed by atoms with Crippen LogP contribution in [0.4, 0.5) is 0 Å². The number of ether oxygens (including phenoxy) is 1. The fourth-order valence-corrected chi connectivity index (χ4v) is 3.65. The van der Waals surface area contributed by atoms with E-state index in [1.165, 1.54) is 12.8 Å². The van der Waals surface area contributed by atoms with Crippen LogP contribution in [-0.2, 0) is 9.53 Å². The third kappa shape index (κ3) is 4.78. The Balaban J connectivity index is 1.52. The second kappa shape index (κ2) is 8.02. The van der Waals surface area contributed by atoms with Gasteiger partial charge in [0.15, 0.2) is 0 Å². The molecule has 2 aliphatic rings. The monoisotopic (exact) mass is 272 g/mol. The number of carbonyl (C=O) groups is 1. The fourth-order valence-electron chi connectivity index (χ4n) is 2.42. The zero-order chi connectivity index (χ0) is 12.6. The fraction of sp³-hybridized carbons (Fsp3) is 0.923. The van der Waals surface area contributed by atoms with Crippen LogP contribution in [0, 0.1) is 0 Å². The highest BCUT2D eigenvalue weighted by molar-refractivity contribution is 8.00. The molecule has 5 heteroatoms. The predicted molar refractivity (Wildman–Crippen MR) is 75.0 cm³/mol. The Morgan fingerprint density at radius 1 is 1.28 bits per heavy atom. The van der Waals surface area contributed by atoms with E-state index in [1.807, 2.05) is 0 Å². The summed E-state index contributed by atoms with van der Waals surface area (Å²) in [4.78, 5) is 11.9. The smallest absolute Gasteiger partial charge is 0.233 e. The first-order chi connectivity index (χ1) is 8.86. The maximum Gasteiger partial charge on any atom is 0.233 e. The third-order valence-corrected chi connectivity index (χ3v) is 4.89. The molecule has 1 unspecified atom stereocenters. The van der Waals surface area contributed by atoms with Crippen LogP contribution in [0.15, 0.2) is 0 Å². The molecule has 2 fully saturated rings. The van der Waals surface area contributed by atoms with Gasteiger partial charge in [0.2, 0.25) is 5.91 Å². The van der Waals surface area contributed by atoms with E-state index >= 15 is 0 Å². The molecule has 2 N–H and O–H groups in total. The number of hydrogen-bond acceptors (Lipinski definition) is 4. The molecule has 0 aromatic rings. The lowest BCUT2D eigenvalue weighted by atomic mass is 10.1. The lowest BCUT2D eigenvalue weighted by Crippen LogP contribution is -2.38. The number of carbonyl (C=O) groups excluding carboxylic acids is 1. The summed E-state index contributed by atoms with van der Waals surface area (Å²) in [5.74, 6) is 1.33. The SMILES string of the molecule is O=C(NCCOC1CCNCC1)C1CCCCS1. The molecule has 2 aliphatic heterocycles. The van der Waals surface area contributed by atoms with Gasteiger partial charge in [-0.05, 0) is 44.5 Å². The molecule has 0 radical (unpaired) electrons. The van der Waals surface area contributed by atoms with Gasteiger partial charge in [0.1, 0.15) is 0 Å². The third-order valence-electron chi connectivity index (χ3n) is 3.51. The van der Waals surface area contributed by atoms with Gasteiger partial charge in [0, 0.05) is 6.54 Å². The molecule has 104 valence electrons. The molecule has 4 nitrogen and oxygen atoms in total. The van der Waals surface area contributed by atoms with Gasteiger partial charge in [-0.1, -0.05) is 6.42 Å². The van der Waals surface area contributed by atoms with Crippen LogP contribution < -0.4 is 10.6 Å². The molecule has 1 amide bonds. The first-order valence-electron chi connectivity index (χ1n) is 7.08. The number of rotatable bonds is 5. The minimum absolute atomic E-state index is 0.178. The summed E-state index contributed by atoms with van der Waals surface area (Å²) in [7, 11) is 0. The van der Waals surface area contributed by atoms with Crippen LogP contribution >= 0.6 is 11.8 Å². The Hall–Kier alpha value is -0.260. The van der Waals surface area contributed by atoms with Crippen LogP contribution in [-0.4, -0.2) is 49.3 Å². The molecule has 2 heterocycles. The van der Waals surface area contributed by atoms with E-state index in [9.17, 15) is 4.79 Å². The van der Waals surface area contributed by atoms with Crippen LogP contribution in [0.25, 0.3) is 0 Å². The maximum absolute atomic E-state index is 11.9. The zero-order valence-corrected chi connectivity index (χ0v) is 11.8. The van der Waals surface area contributed by atoms with E-state index in [2.05, 4.69) is 10.6 Å². The predicted octanol–water partition coefficient (Wildman–Crippen LogP) is 1.16. The molecular formula is C13H24N2O2S. The van der Waals surface area contributed by atoms with Crippen molar-refractivity contribution in [2.24, 2.45) is 0 Å². The molecule has 18 heavy (non-hydrogen) atoms. The summed E-state index contributed by atoms with van der Waals surface area (Å²) >= 11 is 1.80. The van der Waals surface area contributed by atoms with Gasteiger partial charge < -0.3 is 15.4 Å². The van der Waals surface area contributed by atoms with Crippen LogP contribution in [0.1, 0.15) is 32.1 Å². The summed E-state index contributed by atoms with van der Waals surface area (Å²) in [6, 6.07) is 0. The van der Waals surface area contributed by atoms with Crippen LogP contribution in [0.2, 0.25) is 0 Å². The topological polar surface area (TPSA) is 50.4 Å². The van der Waals surface area contributed by atoms with Crippen molar-refractivity contribution in [1.82, 2.24) is 10.6 Å². The Morgan fingerprint density at radius 2 is 2.11 bits per heavy atom. The standard InChI is InChI=1S/C13H24N2O2S/c16-13(12-3-1-2-10-18-12)15-8-9-17-11-4-6-14-7-5-11/h11-12,14H,1-10H2,(H,15,16). The molecule has 0 spiro atoms. The summed E-state index contributed by atoms with van der Waals surface area (Å²) in [6.45, 7) is 3.40. The number of nitrogens with one attached hydrogen (secondary N) is 2. The normalized spacial score (nSPS) is 25.9. The number of piperidine rings is 1. The van der Waals surface area contributed by atoms with Crippen molar-refractivity contribution in [3.05, 3.63) is 0 Å². The maximum atomic E-state index is 11.9. The molecule has 0 aliphatic carbocycles. The summed E-state index contributed by atoms with van der Waals surface area (Å²) in [5.41, 5.74) is 0. The molecule has 0 bridgehead atoms. The Kier molecular flexibility index (Phi) is 6.31. The largest absolute Gasteiger partial charge is 0.376 e. The van der Waals surface area contributed by atoms with Crippen LogP contribution in [0.3, 0.4) is 0 Å². The van der Waals surface area contributed by atoms with Gasteiger partial charge in [-0.2, -0.15) is 0 Å². The van der Waals surface area contributed by atoms with Crippen molar-refractivity contribution in [2.75, 3.05) is 32.0 Å². The first-order valence-corrected chi connectivity index (χ1v) is 8.13. The van der Waals surface area contributed by atoms with Crippen LogP contribution in [0.5, 0.6) is 0 Å². The highest BCUT2D eigenvalue weighted by Gasteiger charge is 2.21. The molecule has 0 aromatic heterocycles. The molecule has 1 atom stereocenters. The van der Waals surface area contributed by atoms with Gasteiger partial charge in [0.05, 0.1) is 18.0 Å². The number of amides is 1. The summed E-state index contributed by atoms with van der Waals surface area (Å²) in [5, 5.41) is 6.48. The van der Waals surface area contributed by atoms with Crippen molar-refractivity contribution in [3.8, 4) is 0 Å². The van der Waals surface area contributed by atoms with Gasteiger partial charge in [-0.25, -0.2) is 0 Å². The quantitative estimate of drug-likeness (QED) is 0.737. The zero-order valence-electron chi connectivity index (χ0n) is 11.0. The highest BCUT2D eigenvalue weighted by atomic mass is 32.2. The van der Waals surface area contributed by atoms with Gasteiger partial charge in [0.25, 0.3) is 0 Å². The van der Waals surface area contributed by atoms with E-state index in [0.717, 1.165) is 38.1 Å². The molecule has 2 rings (SSSR count). The van der Waals surface area contributed by atoms with Gasteiger partial charge >= 0.3 is 0 Å². The molecule has 2 saturated heterocycles. The second-order valence-electron chi connectivity index (χ2n) is 4.97. The van der Waals surface area contributed by atoms with Crippen molar-refractivity contribution in [2.45, 2.75) is 43.5 Å². The van der Waals surface area contributed by atoms with Gasteiger partial charge in [-0.15, -0.1) is 11.8 Å².